The summed E-state index contributed by atoms with van der Waals surface area (Å²) in [6.07, 6.45) is 0.320. The lowest BCUT2D eigenvalue weighted by Gasteiger charge is -2.00. The van der Waals surface area contributed by atoms with Crippen LogP contribution in [0.2, 0.25) is 0 Å². The SMILES string of the molecule is O=C1CC[C@@H](C[N+](=O)[O-])O1. The number of carbonyl (C=O) groups excluding carboxylic acids is 1. The van der Waals surface area contributed by atoms with E-state index in [0.717, 1.165) is 0 Å². The van der Waals surface area contributed by atoms with Gasteiger partial charge in [0.05, 0.1) is 0 Å². The molecular formula is C5H7NO4. The van der Waals surface area contributed by atoms with Crippen LogP contribution in [0.4, 0.5) is 0 Å². The Morgan fingerprint density at radius 2 is 2.50 bits per heavy atom. The molecule has 1 aliphatic rings. The molecule has 0 saturated carbocycles. The molecule has 1 saturated heterocycles. The van der Waals surface area contributed by atoms with Gasteiger partial charge in [0.15, 0.2) is 6.10 Å². The molecule has 5 nitrogen and oxygen atoms in total. The molecule has 1 heterocycles. The highest BCUT2D eigenvalue weighted by atomic mass is 16.6. The first-order valence-corrected chi connectivity index (χ1v) is 3.00. The van der Waals surface area contributed by atoms with Crippen LogP contribution in [0.5, 0.6) is 0 Å². The Hall–Kier alpha value is -1.13. The van der Waals surface area contributed by atoms with E-state index in [9.17, 15) is 14.9 Å². The van der Waals surface area contributed by atoms with Crippen molar-refractivity contribution in [2.45, 2.75) is 18.9 Å². The summed E-state index contributed by atoms with van der Waals surface area (Å²) in [5.41, 5.74) is 0. The minimum atomic E-state index is -0.484. The zero-order valence-electron chi connectivity index (χ0n) is 5.28. The van der Waals surface area contributed by atoms with Gasteiger partial charge in [-0.2, -0.15) is 0 Å². The zero-order chi connectivity index (χ0) is 7.56. The summed E-state index contributed by atoms with van der Waals surface area (Å²) >= 11 is 0. The van der Waals surface area contributed by atoms with Crippen molar-refractivity contribution < 1.29 is 14.5 Å². The van der Waals surface area contributed by atoms with Gasteiger partial charge in [-0.1, -0.05) is 0 Å². The summed E-state index contributed by atoms with van der Waals surface area (Å²) in [6.45, 7) is -0.258. The first-order valence-electron chi connectivity index (χ1n) is 3.00. The summed E-state index contributed by atoms with van der Waals surface area (Å²) in [6, 6.07) is 0. The van der Waals surface area contributed by atoms with E-state index in [2.05, 4.69) is 4.74 Å². The zero-order valence-corrected chi connectivity index (χ0v) is 5.28. The fourth-order valence-electron chi connectivity index (χ4n) is 0.877. The minimum Gasteiger partial charge on any atom is -0.455 e. The standard InChI is InChI=1S/C5H7NO4/c7-5-2-1-4(10-5)3-6(8)9/h4H,1-3H2/t4-/m0/s1. The van der Waals surface area contributed by atoms with Gasteiger partial charge < -0.3 is 4.74 Å². The fourth-order valence-corrected chi connectivity index (χ4v) is 0.877. The van der Waals surface area contributed by atoms with E-state index in [4.69, 9.17) is 0 Å². The van der Waals surface area contributed by atoms with Crippen LogP contribution >= 0.6 is 0 Å². The van der Waals surface area contributed by atoms with Gasteiger partial charge in [-0.15, -0.1) is 0 Å². The predicted octanol–water partition coefficient (Wildman–Crippen LogP) is -0.0313. The molecule has 1 fully saturated rings. The summed E-state index contributed by atoms with van der Waals surface area (Å²) < 4.78 is 4.59. The monoisotopic (exact) mass is 145 g/mol. The van der Waals surface area contributed by atoms with Crippen molar-refractivity contribution in [1.82, 2.24) is 0 Å². The summed E-state index contributed by atoms with van der Waals surface area (Å²) in [5.74, 6) is -0.327. The summed E-state index contributed by atoms with van der Waals surface area (Å²) in [7, 11) is 0. The number of hydrogen-bond donors (Lipinski definition) is 0. The van der Waals surface area contributed by atoms with E-state index in [1.807, 2.05) is 0 Å². The van der Waals surface area contributed by atoms with E-state index in [0.29, 0.717) is 12.8 Å². The molecule has 1 rings (SSSR count). The number of nitrogens with zero attached hydrogens (tertiary/aromatic N) is 1. The van der Waals surface area contributed by atoms with Crippen LogP contribution in [0.25, 0.3) is 0 Å². The van der Waals surface area contributed by atoms with Gasteiger partial charge in [-0.25, -0.2) is 0 Å². The van der Waals surface area contributed by atoms with Crippen LogP contribution in [0.1, 0.15) is 12.8 Å². The van der Waals surface area contributed by atoms with E-state index in [1.165, 1.54) is 0 Å². The maximum absolute atomic E-state index is 10.4. The Bertz CT molecular complexity index is 167. The molecule has 0 aromatic heterocycles. The number of carbonyl (C=O) groups is 1. The molecule has 0 aromatic carbocycles. The molecular weight excluding hydrogens is 138 g/mol. The second-order valence-corrected chi connectivity index (χ2v) is 2.17. The quantitative estimate of drug-likeness (QED) is 0.311. The van der Waals surface area contributed by atoms with Gasteiger partial charge in [0.1, 0.15) is 0 Å². The summed E-state index contributed by atoms with van der Waals surface area (Å²) in [4.78, 5) is 19.8. The van der Waals surface area contributed by atoms with Crippen molar-refractivity contribution in [2.24, 2.45) is 0 Å². The highest BCUT2D eigenvalue weighted by Crippen LogP contribution is 2.12. The van der Waals surface area contributed by atoms with Crippen LogP contribution in [0.15, 0.2) is 0 Å². The Kier molecular flexibility index (Phi) is 1.84. The maximum atomic E-state index is 10.4. The van der Waals surface area contributed by atoms with Gasteiger partial charge in [0.2, 0.25) is 6.54 Å². The fraction of sp³-hybridized carbons (Fsp3) is 0.800. The van der Waals surface area contributed by atoms with E-state index < -0.39 is 11.0 Å². The second-order valence-electron chi connectivity index (χ2n) is 2.17. The number of rotatable bonds is 2. The molecule has 0 aromatic rings. The predicted molar refractivity (Wildman–Crippen MR) is 31.0 cm³/mol. The molecule has 0 N–H and O–H groups in total. The molecule has 0 bridgehead atoms. The van der Waals surface area contributed by atoms with Crippen molar-refractivity contribution in [3.63, 3.8) is 0 Å². The van der Waals surface area contributed by atoms with Crippen LogP contribution in [0, 0.1) is 10.1 Å². The maximum Gasteiger partial charge on any atom is 0.306 e. The molecule has 1 aliphatic heterocycles. The molecule has 56 valence electrons. The highest BCUT2D eigenvalue weighted by molar-refractivity contribution is 5.71. The van der Waals surface area contributed by atoms with E-state index in [1.54, 1.807) is 0 Å². The lowest BCUT2D eigenvalue weighted by Crippen LogP contribution is -2.18. The Balaban J connectivity index is 2.31. The number of ether oxygens (including phenoxy) is 1. The van der Waals surface area contributed by atoms with Gasteiger partial charge in [-0.3, -0.25) is 14.9 Å². The van der Waals surface area contributed by atoms with Crippen LogP contribution in [-0.2, 0) is 9.53 Å². The Morgan fingerprint density at radius 1 is 1.80 bits per heavy atom. The molecule has 0 unspecified atom stereocenters. The van der Waals surface area contributed by atoms with Crippen LogP contribution < -0.4 is 0 Å². The highest BCUT2D eigenvalue weighted by Gasteiger charge is 2.27. The van der Waals surface area contributed by atoms with Crippen LogP contribution in [0.3, 0.4) is 0 Å². The average molecular weight is 145 g/mol. The molecule has 10 heavy (non-hydrogen) atoms. The lowest BCUT2D eigenvalue weighted by atomic mass is 10.2. The normalized spacial score (nSPS) is 24.4. The molecule has 0 amide bonds. The average Bonchev–Trinajstić information content (AvgIpc) is 2.13. The first-order chi connectivity index (χ1) is 4.68. The molecule has 0 spiro atoms. The molecule has 1 atom stereocenters. The van der Waals surface area contributed by atoms with Gasteiger partial charge in [0, 0.05) is 17.8 Å². The molecule has 0 radical (unpaired) electrons. The van der Waals surface area contributed by atoms with Crippen molar-refractivity contribution in [1.29, 1.82) is 0 Å². The topological polar surface area (TPSA) is 69.4 Å². The van der Waals surface area contributed by atoms with Gasteiger partial charge >= 0.3 is 5.97 Å². The number of hydrogen-bond acceptors (Lipinski definition) is 4. The number of cyclic esters (lactones) is 1. The Morgan fingerprint density at radius 3 is 2.90 bits per heavy atom. The van der Waals surface area contributed by atoms with E-state index in [-0.39, 0.29) is 12.5 Å². The van der Waals surface area contributed by atoms with Crippen LogP contribution in [-0.4, -0.2) is 23.5 Å². The van der Waals surface area contributed by atoms with Crippen molar-refractivity contribution in [3.05, 3.63) is 10.1 Å². The van der Waals surface area contributed by atoms with Crippen molar-refractivity contribution in [3.8, 4) is 0 Å². The number of esters is 1. The minimum absolute atomic E-state index is 0.258. The van der Waals surface area contributed by atoms with Crippen molar-refractivity contribution in [2.75, 3.05) is 6.54 Å². The van der Waals surface area contributed by atoms with Gasteiger partial charge in [0.25, 0.3) is 0 Å². The smallest absolute Gasteiger partial charge is 0.306 e. The molecule has 5 heteroatoms. The lowest BCUT2D eigenvalue weighted by molar-refractivity contribution is -0.489. The first kappa shape index (κ1) is 6.98. The molecule has 0 aliphatic carbocycles. The third-order valence-corrected chi connectivity index (χ3v) is 1.32. The van der Waals surface area contributed by atoms with E-state index >= 15 is 0 Å². The Labute approximate surface area is 57.1 Å². The third-order valence-electron chi connectivity index (χ3n) is 1.32. The second kappa shape index (κ2) is 2.64. The van der Waals surface area contributed by atoms with Gasteiger partial charge in [-0.05, 0) is 0 Å². The number of nitro groups is 1. The van der Waals surface area contributed by atoms with Crippen molar-refractivity contribution >= 4 is 5.97 Å². The third kappa shape index (κ3) is 1.68. The summed E-state index contributed by atoms with van der Waals surface area (Å²) in [5, 5.41) is 9.88. The largest absolute Gasteiger partial charge is 0.455 e.